The molecule has 0 N–H and O–H groups in total. The van der Waals surface area contributed by atoms with E-state index in [0.717, 1.165) is 16.7 Å². The van der Waals surface area contributed by atoms with Crippen LogP contribution >= 0.6 is 0 Å². The largest absolute Gasteiger partial charge is 0.226 e. The summed E-state index contributed by atoms with van der Waals surface area (Å²) in [5, 5.41) is 8.54. The quantitative estimate of drug-likeness (QED) is 0.751. The van der Waals surface area contributed by atoms with Crippen molar-refractivity contribution in [3.63, 3.8) is 0 Å². The minimum absolute atomic E-state index is 0.421. The Morgan fingerprint density at radius 3 is 2.41 bits per heavy atom. The molecular weight excluding hydrogens is 213 g/mol. The van der Waals surface area contributed by atoms with Gasteiger partial charge in [-0.3, -0.25) is 0 Å². The van der Waals surface area contributed by atoms with Gasteiger partial charge in [-0.2, -0.15) is 5.26 Å². The smallest absolute Gasteiger partial charge is 0.211 e. The van der Waals surface area contributed by atoms with Crippen LogP contribution in [0.5, 0.6) is 0 Å². The highest BCUT2D eigenvalue weighted by molar-refractivity contribution is 5.67. The number of nitrogens with zero attached hydrogens (tertiary/aromatic N) is 1. The maximum atomic E-state index is 13.2. The number of hydrogen-bond acceptors (Lipinski definition) is 1. The molecule has 2 aromatic rings. The summed E-state index contributed by atoms with van der Waals surface area (Å²) < 4.78 is 13.2. The van der Waals surface area contributed by atoms with Gasteiger partial charge >= 0.3 is 0 Å². The Kier molecular flexibility index (Phi) is 3.20. The number of benzene rings is 2. The normalized spacial score (nSPS) is 11.8. The standard InChI is InChI=1S/C15H12FN/c1-11-9-13(15(16)10-17)7-8-14(11)12-5-3-2-4-6-12/h2-9,15H,1H3. The van der Waals surface area contributed by atoms with Gasteiger partial charge in [-0.05, 0) is 23.6 Å². The zero-order valence-corrected chi connectivity index (χ0v) is 9.52. The van der Waals surface area contributed by atoms with Gasteiger partial charge in [0.25, 0.3) is 0 Å². The topological polar surface area (TPSA) is 23.8 Å². The zero-order valence-electron chi connectivity index (χ0n) is 9.52. The molecule has 1 nitrogen and oxygen atoms in total. The van der Waals surface area contributed by atoms with Gasteiger partial charge in [-0.25, -0.2) is 4.39 Å². The van der Waals surface area contributed by atoms with Crippen LogP contribution in [-0.4, -0.2) is 0 Å². The summed E-state index contributed by atoms with van der Waals surface area (Å²) in [6, 6.07) is 16.8. The minimum atomic E-state index is -1.54. The van der Waals surface area contributed by atoms with Crippen LogP contribution in [0.25, 0.3) is 11.1 Å². The maximum Gasteiger partial charge on any atom is 0.211 e. The van der Waals surface area contributed by atoms with E-state index in [-0.39, 0.29) is 0 Å². The third kappa shape index (κ3) is 2.34. The summed E-state index contributed by atoms with van der Waals surface area (Å²) in [6.07, 6.45) is -1.54. The van der Waals surface area contributed by atoms with Crippen LogP contribution in [0.1, 0.15) is 17.3 Å². The number of nitriles is 1. The molecule has 17 heavy (non-hydrogen) atoms. The van der Waals surface area contributed by atoms with E-state index in [1.165, 1.54) is 0 Å². The van der Waals surface area contributed by atoms with Crippen molar-refractivity contribution in [1.82, 2.24) is 0 Å². The first-order valence-electron chi connectivity index (χ1n) is 5.42. The Balaban J connectivity index is 2.43. The van der Waals surface area contributed by atoms with Crippen LogP contribution in [0.3, 0.4) is 0 Å². The van der Waals surface area contributed by atoms with Crippen LogP contribution in [0, 0.1) is 18.3 Å². The SMILES string of the molecule is Cc1cc(C(F)C#N)ccc1-c1ccccc1. The van der Waals surface area contributed by atoms with Crippen molar-refractivity contribution in [2.45, 2.75) is 13.1 Å². The molecule has 2 aromatic carbocycles. The van der Waals surface area contributed by atoms with Crippen LogP contribution in [0.4, 0.5) is 4.39 Å². The van der Waals surface area contributed by atoms with E-state index < -0.39 is 6.17 Å². The van der Waals surface area contributed by atoms with Gasteiger partial charge in [0.05, 0.1) is 0 Å². The van der Waals surface area contributed by atoms with Gasteiger partial charge in [0.2, 0.25) is 6.17 Å². The first-order chi connectivity index (χ1) is 8.22. The Bertz CT molecular complexity index is 555. The monoisotopic (exact) mass is 225 g/mol. The third-order valence-electron chi connectivity index (χ3n) is 2.74. The van der Waals surface area contributed by atoms with Crippen molar-refractivity contribution in [2.24, 2.45) is 0 Å². The molecule has 0 bridgehead atoms. The summed E-state index contributed by atoms with van der Waals surface area (Å²) in [5.74, 6) is 0. The predicted molar refractivity (Wildman–Crippen MR) is 66.1 cm³/mol. The van der Waals surface area contributed by atoms with Gasteiger partial charge in [0, 0.05) is 5.56 Å². The molecule has 2 rings (SSSR count). The lowest BCUT2D eigenvalue weighted by Crippen LogP contribution is -1.91. The second-order valence-electron chi connectivity index (χ2n) is 3.93. The van der Waals surface area contributed by atoms with E-state index in [4.69, 9.17) is 5.26 Å². The molecular formula is C15H12FN. The molecule has 0 aromatic heterocycles. The van der Waals surface area contributed by atoms with Crippen LogP contribution < -0.4 is 0 Å². The molecule has 0 radical (unpaired) electrons. The first-order valence-corrected chi connectivity index (χ1v) is 5.42. The molecule has 0 spiro atoms. The number of alkyl halides is 1. The van der Waals surface area contributed by atoms with E-state index in [1.807, 2.05) is 43.3 Å². The first kappa shape index (κ1) is 11.3. The van der Waals surface area contributed by atoms with Crippen molar-refractivity contribution in [1.29, 1.82) is 5.26 Å². The van der Waals surface area contributed by atoms with E-state index in [0.29, 0.717) is 5.56 Å². The Labute approximate surface area is 100 Å². The maximum absolute atomic E-state index is 13.2. The molecule has 0 saturated carbocycles. The van der Waals surface area contributed by atoms with Gasteiger partial charge < -0.3 is 0 Å². The molecule has 0 fully saturated rings. The third-order valence-corrected chi connectivity index (χ3v) is 2.74. The van der Waals surface area contributed by atoms with Gasteiger partial charge in [-0.1, -0.05) is 48.5 Å². The second kappa shape index (κ2) is 4.80. The molecule has 0 amide bonds. The predicted octanol–water partition coefficient (Wildman–Crippen LogP) is 4.20. The molecule has 84 valence electrons. The minimum Gasteiger partial charge on any atom is -0.226 e. The Morgan fingerprint density at radius 1 is 1.12 bits per heavy atom. The highest BCUT2D eigenvalue weighted by Crippen LogP contribution is 2.26. The lowest BCUT2D eigenvalue weighted by Gasteiger charge is -2.08. The van der Waals surface area contributed by atoms with Gasteiger partial charge in [0.15, 0.2) is 0 Å². The Hall–Kier alpha value is -2.14. The van der Waals surface area contributed by atoms with E-state index in [2.05, 4.69) is 0 Å². The van der Waals surface area contributed by atoms with Crippen molar-refractivity contribution >= 4 is 0 Å². The van der Waals surface area contributed by atoms with E-state index in [1.54, 1.807) is 18.2 Å². The highest BCUT2D eigenvalue weighted by Gasteiger charge is 2.10. The summed E-state index contributed by atoms with van der Waals surface area (Å²) in [6.45, 7) is 1.93. The number of rotatable bonds is 2. The lowest BCUT2D eigenvalue weighted by atomic mass is 9.97. The van der Waals surface area contributed by atoms with E-state index >= 15 is 0 Å². The molecule has 1 unspecified atom stereocenters. The molecule has 0 saturated heterocycles. The summed E-state index contributed by atoms with van der Waals surface area (Å²) in [7, 11) is 0. The van der Waals surface area contributed by atoms with Crippen molar-refractivity contribution in [3.05, 3.63) is 59.7 Å². The molecule has 0 aliphatic heterocycles. The van der Waals surface area contributed by atoms with Gasteiger partial charge in [0.1, 0.15) is 6.07 Å². The summed E-state index contributed by atoms with van der Waals surface area (Å²) in [5.41, 5.74) is 3.57. The fraction of sp³-hybridized carbons (Fsp3) is 0.133. The fourth-order valence-corrected chi connectivity index (χ4v) is 1.86. The number of aryl methyl sites for hydroxylation is 1. The summed E-state index contributed by atoms with van der Waals surface area (Å²) in [4.78, 5) is 0. The van der Waals surface area contributed by atoms with Crippen molar-refractivity contribution in [3.8, 4) is 17.2 Å². The average molecular weight is 225 g/mol. The van der Waals surface area contributed by atoms with Gasteiger partial charge in [-0.15, -0.1) is 0 Å². The van der Waals surface area contributed by atoms with Crippen LogP contribution in [0.15, 0.2) is 48.5 Å². The highest BCUT2D eigenvalue weighted by atomic mass is 19.1. The molecule has 0 aliphatic rings. The molecule has 0 heterocycles. The molecule has 1 atom stereocenters. The second-order valence-corrected chi connectivity index (χ2v) is 3.93. The summed E-state index contributed by atoms with van der Waals surface area (Å²) >= 11 is 0. The zero-order chi connectivity index (χ0) is 12.3. The Morgan fingerprint density at radius 2 is 1.82 bits per heavy atom. The number of hydrogen-bond donors (Lipinski definition) is 0. The molecule has 2 heteroatoms. The fourth-order valence-electron chi connectivity index (χ4n) is 1.86. The van der Waals surface area contributed by atoms with Crippen LogP contribution in [-0.2, 0) is 0 Å². The molecule has 0 aliphatic carbocycles. The van der Waals surface area contributed by atoms with Crippen molar-refractivity contribution < 1.29 is 4.39 Å². The van der Waals surface area contributed by atoms with E-state index in [9.17, 15) is 4.39 Å². The average Bonchev–Trinajstić information content (AvgIpc) is 2.38. The van der Waals surface area contributed by atoms with Crippen LogP contribution in [0.2, 0.25) is 0 Å². The van der Waals surface area contributed by atoms with Crippen molar-refractivity contribution in [2.75, 3.05) is 0 Å². The number of halogens is 1. The lowest BCUT2D eigenvalue weighted by molar-refractivity contribution is 0.424.